The molecular formula is C11H9BrFN3O2. The Balaban J connectivity index is 2.60. The molecule has 0 aliphatic heterocycles. The van der Waals surface area contributed by atoms with Crippen LogP contribution in [0.25, 0.3) is 5.69 Å². The fourth-order valence-corrected chi connectivity index (χ4v) is 1.96. The number of nitrogens with zero attached hydrogens (tertiary/aromatic N) is 3. The van der Waals surface area contributed by atoms with Crippen LogP contribution in [0.3, 0.4) is 0 Å². The number of rotatable bonds is 3. The van der Waals surface area contributed by atoms with Gasteiger partial charge in [0.15, 0.2) is 5.69 Å². The first-order valence-electron chi connectivity index (χ1n) is 5.18. The van der Waals surface area contributed by atoms with E-state index in [1.54, 1.807) is 13.0 Å². The minimum absolute atomic E-state index is 0.153. The highest BCUT2D eigenvalue weighted by Crippen LogP contribution is 2.20. The fraction of sp³-hybridized carbons (Fsp3) is 0.182. The summed E-state index contributed by atoms with van der Waals surface area (Å²) >= 11 is 3.15. The number of carboxylic acid groups (broad SMARTS) is 1. The molecule has 2 rings (SSSR count). The minimum atomic E-state index is -1.17. The molecule has 0 spiro atoms. The van der Waals surface area contributed by atoms with Crippen LogP contribution in [0.1, 0.15) is 23.1 Å². The van der Waals surface area contributed by atoms with E-state index in [0.29, 0.717) is 16.6 Å². The molecule has 0 atom stereocenters. The first-order chi connectivity index (χ1) is 8.54. The molecule has 0 amide bonds. The quantitative estimate of drug-likeness (QED) is 0.945. The Labute approximate surface area is 110 Å². The van der Waals surface area contributed by atoms with Crippen LogP contribution < -0.4 is 0 Å². The Morgan fingerprint density at radius 2 is 2.28 bits per heavy atom. The second-order valence-electron chi connectivity index (χ2n) is 3.55. The van der Waals surface area contributed by atoms with E-state index < -0.39 is 11.8 Å². The van der Waals surface area contributed by atoms with Crippen LogP contribution in [-0.2, 0) is 6.42 Å². The van der Waals surface area contributed by atoms with E-state index >= 15 is 0 Å². The Morgan fingerprint density at radius 3 is 2.83 bits per heavy atom. The van der Waals surface area contributed by atoms with Gasteiger partial charge in [-0.3, -0.25) is 0 Å². The van der Waals surface area contributed by atoms with Crippen molar-refractivity contribution in [1.29, 1.82) is 0 Å². The van der Waals surface area contributed by atoms with Crippen molar-refractivity contribution in [3.05, 3.63) is 39.9 Å². The summed E-state index contributed by atoms with van der Waals surface area (Å²) in [5.74, 6) is -1.67. The number of aromatic nitrogens is 3. The number of aromatic carboxylic acids is 1. The molecule has 0 unspecified atom stereocenters. The monoisotopic (exact) mass is 313 g/mol. The van der Waals surface area contributed by atoms with Gasteiger partial charge in [-0.15, -0.1) is 5.10 Å². The smallest absolute Gasteiger partial charge is 0.358 e. The van der Waals surface area contributed by atoms with Gasteiger partial charge in [-0.25, -0.2) is 13.9 Å². The van der Waals surface area contributed by atoms with Crippen molar-refractivity contribution < 1.29 is 14.3 Å². The number of carbonyl (C=O) groups is 1. The number of carboxylic acids is 1. The number of hydrogen-bond donors (Lipinski definition) is 1. The van der Waals surface area contributed by atoms with Crippen molar-refractivity contribution in [3.8, 4) is 5.69 Å². The molecule has 1 N–H and O–H groups in total. The standard InChI is InChI=1S/C11H9BrFN3O2/c1-2-8-10(11(17)18)14-15-16(8)9-4-3-6(12)5-7(9)13/h3-5H,2H2,1H3,(H,17,18). The lowest BCUT2D eigenvalue weighted by Crippen LogP contribution is -2.07. The van der Waals surface area contributed by atoms with E-state index in [-0.39, 0.29) is 11.4 Å². The van der Waals surface area contributed by atoms with E-state index in [1.807, 2.05) is 0 Å². The molecular weight excluding hydrogens is 305 g/mol. The van der Waals surface area contributed by atoms with E-state index in [4.69, 9.17) is 5.11 Å². The van der Waals surface area contributed by atoms with Crippen LogP contribution in [0, 0.1) is 5.82 Å². The summed E-state index contributed by atoms with van der Waals surface area (Å²) in [6.45, 7) is 1.76. The van der Waals surface area contributed by atoms with Gasteiger partial charge in [0.2, 0.25) is 0 Å². The molecule has 5 nitrogen and oxygen atoms in total. The lowest BCUT2D eigenvalue weighted by Gasteiger charge is -2.06. The van der Waals surface area contributed by atoms with Gasteiger partial charge >= 0.3 is 5.97 Å². The third-order valence-corrected chi connectivity index (χ3v) is 2.93. The molecule has 0 saturated heterocycles. The fourth-order valence-electron chi connectivity index (χ4n) is 1.63. The van der Waals surface area contributed by atoms with E-state index in [1.165, 1.54) is 16.8 Å². The largest absolute Gasteiger partial charge is 0.476 e. The van der Waals surface area contributed by atoms with Crippen LogP contribution in [0.5, 0.6) is 0 Å². The maximum Gasteiger partial charge on any atom is 0.358 e. The van der Waals surface area contributed by atoms with Gasteiger partial charge in [0.25, 0.3) is 0 Å². The number of benzene rings is 1. The van der Waals surface area contributed by atoms with Gasteiger partial charge in [0.1, 0.15) is 11.5 Å². The average Bonchev–Trinajstić information content (AvgIpc) is 2.72. The van der Waals surface area contributed by atoms with Crippen LogP contribution in [0.4, 0.5) is 4.39 Å². The summed E-state index contributed by atoms with van der Waals surface area (Å²) in [4.78, 5) is 10.9. The molecule has 0 saturated carbocycles. The molecule has 0 aliphatic rings. The summed E-state index contributed by atoms with van der Waals surface area (Å²) in [6, 6.07) is 4.45. The van der Waals surface area contributed by atoms with Crippen molar-refractivity contribution in [1.82, 2.24) is 15.0 Å². The SMILES string of the molecule is CCc1c(C(=O)O)nnn1-c1ccc(Br)cc1F. The van der Waals surface area contributed by atoms with Crippen molar-refractivity contribution >= 4 is 21.9 Å². The average molecular weight is 314 g/mol. The Morgan fingerprint density at radius 1 is 1.56 bits per heavy atom. The normalized spacial score (nSPS) is 10.6. The van der Waals surface area contributed by atoms with Crippen LogP contribution in [0.15, 0.2) is 22.7 Å². The Hall–Kier alpha value is -1.76. The third kappa shape index (κ3) is 2.13. The molecule has 1 aromatic heterocycles. The number of halogens is 2. The molecule has 7 heteroatoms. The van der Waals surface area contributed by atoms with Crippen LogP contribution in [0.2, 0.25) is 0 Å². The molecule has 0 aliphatic carbocycles. The first-order valence-corrected chi connectivity index (χ1v) is 5.97. The predicted molar refractivity (Wildman–Crippen MR) is 65.4 cm³/mol. The summed E-state index contributed by atoms with van der Waals surface area (Å²) in [5.41, 5.74) is 0.388. The van der Waals surface area contributed by atoms with Crippen LogP contribution in [-0.4, -0.2) is 26.1 Å². The van der Waals surface area contributed by atoms with Crippen molar-refractivity contribution in [2.45, 2.75) is 13.3 Å². The zero-order chi connectivity index (χ0) is 13.3. The second kappa shape index (κ2) is 4.85. The van der Waals surface area contributed by atoms with Crippen molar-refractivity contribution in [2.75, 3.05) is 0 Å². The van der Waals surface area contributed by atoms with Crippen molar-refractivity contribution in [2.24, 2.45) is 0 Å². The Bertz CT molecular complexity index is 612. The highest BCUT2D eigenvalue weighted by atomic mass is 79.9. The molecule has 1 aromatic carbocycles. The van der Waals surface area contributed by atoms with Crippen LogP contribution >= 0.6 is 15.9 Å². The zero-order valence-electron chi connectivity index (χ0n) is 9.39. The van der Waals surface area contributed by atoms with E-state index in [0.717, 1.165) is 0 Å². The molecule has 94 valence electrons. The molecule has 0 fully saturated rings. The molecule has 1 heterocycles. The van der Waals surface area contributed by atoms with Gasteiger partial charge in [-0.1, -0.05) is 28.1 Å². The topological polar surface area (TPSA) is 68.0 Å². The van der Waals surface area contributed by atoms with Gasteiger partial charge in [0, 0.05) is 4.47 Å². The molecule has 0 bridgehead atoms. The summed E-state index contributed by atoms with van der Waals surface area (Å²) in [6.07, 6.45) is 0.393. The maximum atomic E-state index is 13.8. The summed E-state index contributed by atoms with van der Waals surface area (Å²) in [5, 5.41) is 16.2. The van der Waals surface area contributed by atoms with E-state index in [2.05, 4.69) is 26.2 Å². The maximum absolute atomic E-state index is 13.8. The van der Waals surface area contributed by atoms with Gasteiger partial charge in [-0.05, 0) is 24.6 Å². The van der Waals surface area contributed by atoms with E-state index in [9.17, 15) is 9.18 Å². The molecule has 0 radical (unpaired) electrons. The highest BCUT2D eigenvalue weighted by molar-refractivity contribution is 9.10. The predicted octanol–water partition coefficient (Wildman–Crippen LogP) is 2.43. The first kappa shape index (κ1) is 12.7. The number of hydrogen-bond acceptors (Lipinski definition) is 3. The lowest BCUT2D eigenvalue weighted by atomic mass is 10.2. The van der Waals surface area contributed by atoms with Gasteiger partial charge in [0.05, 0.1) is 5.69 Å². The minimum Gasteiger partial charge on any atom is -0.476 e. The molecule has 2 aromatic rings. The van der Waals surface area contributed by atoms with Gasteiger partial charge in [-0.2, -0.15) is 0 Å². The van der Waals surface area contributed by atoms with Gasteiger partial charge < -0.3 is 5.11 Å². The third-order valence-electron chi connectivity index (χ3n) is 2.44. The Kier molecular flexibility index (Phi) is 3.42. The summed E-state index contributed by atoms with van der Waals surface area (Å²) < 4.78 is 15.6. The van der Waals surface area contributed by atoms with Crippen molar-refractivity contribution in [3.63, 3.8) is 0 Å². The second-order valence-corrected chi connectivity index (χ2v) is 4.47. The lowest BCUT2D eigenvalue weighted by molar-refractivity contribution is 0.0689. The highest BCUT2D eigenvalue weighted by Gasteiger charge is 2.19. The zero-order valence-corrected chi connectivity index (χ0v) is 11.0. The summed E-state index contributed by atoms with van der Waals surface area (Å²) in [7, 11) is 0. The molecule has 18 heavy (non-hydrogen) atoms.